The molecule has 4 heteroatoms. The van der Waals surface area contributed by atoms with Gasteiger partial charge in [-0.1, -0.05) is 0 Å². The summed E-state index contributed by atoms with van der Waals surface area (Å²) < 4.78 is 0. The number of fused-ring (bicyclic) bond motifs is 1. The molecule has 1 atom stereocenters. The number of rotatable bonds is 4. The van der Waals surface area contributed by atoms with Gasteiger partial charge < -0.3 is 15.2 Å². The number of H-pyrrole nitrogens is 1. The van der Waals surface area contributed by atoms with Crippen LogP contribution in [0.5, 0.6) is 0 Å². The molecule has 3 rings (SSSR count). The van der Waals surface area contributed by atoms with E-state index in [-0.39, 0.29) is 0 Å². The third kappa shape index (κ3) is 2.96. The maximum Gasteiger partial charge on any atom is 0.137 e. The summed E-state index contributed by atoms with van der Waals surface area (Å²) in [7, 11) is 2.22. The second kappa shape index (κ2) is 5.72. The van der Waals surface area contributed by atoms with Crippen molar-refractivity contribution in [2.24, 2.45) is 5.92 Å². The van der Waals surface area contributed by atoms with Crippen LogP contribution in [-0.2, 0) is 6.54 Å². The number of hydrogen-bond donors (Lipinski definition) is 2. The smallest absolute Gasteiger partial charge is 0.137 e. The van der Waals surface area contributed by atoms with Crippen molar-refractivity contribution in [2.45, 2.75) is 19.4 Å². The number of hydrogen-bond acceptors (Lipinski definition) is 3. The van der Waals surface area contributed by atoms with Crippen molar-refractivity contribution in [3.8, 4) is 0 Å². The average Bonchev–Trinajstić information content (AvgIpc) is 2.83. The number of aromatic nitrogens is 2. The zero-order valence-electron chi connectivity index (χ0n) is 11.5. The van der Waals surface area contributed by atoms with Crippen molar-refractivity contribution < 1.29 is 0 Å². The molecule has 0 aromatic carbocycles. The Hall–Kier alpha value is -1.39. The molecule has 102 valence electrons. The monoisotopic (exact) mass is 258 g/mol. The quantitative estimate of drug-likeness (QED) is 0.881. The predicted molar refractivity (Wildman–Crippen MR) is 78.0 cm³/mol. The lowest BCUT2D eigenvalue weighted by atomic mass is 9.98. The van der Waals surface area contributed by atoms with Crippen molar-refractivity contribution in [3.63, 3.8) is 0 Å². The average molecular weight is 258 g/mol. The molecule has 19 heavy (non-hydrogen) atoms. The molecule has 0 aliphatic carbocycles. The number of nitrogens with zero attached hydrogens (tertiary/aromatic N) is 2. The van der Waals surface area contributed by atoms with Crippen LogP contribution < -0.4 is 5.32 Å². The van der Waals surface area contributed by atoms with E-state index < -0.39 is 0 Å². The summed E-state index contributed by atoms with van der Waals surface area (Å²) in [5.41, 5.74) is 2.30. The van der Waals surface area contributed by atoms with Crippen LogP contribution >= 0.6 is 0 Å². The molecule has 2 N–H and O–H groups in total. The number of piperidine rings is 1. The highest BCUT2D eigenvalue weighted by Gasteiger charge is 2.16. The summed E-state index contributed by atoms with van der Waals surface area (Å²) >= 11 is 0. The van der Waals surface area contributed by atoms with Gasteiger partial charge in [0, 0.05) is 30.9 Å². The van der Waals surface area contributed by atoms with Gasteiger partial charge in [0.25, 0.3) is 0 Å². The fraction of sp³-hybridized carbons (Fsp3) is 0.533. The van der Waals surface area contributed by atoms with Crippen LogP contribution in [0.15, 0.2) is 24.5 Å². The van der Waals surface area contributed by atoms with Gasteiger partial charge in [-0.2, -0.15) is 0 Å². The Labute approximate surface area is 114 Å². The Bertz CT molecular complexity index is 534. The number of likely N-dealkylation sites (tertiary alicyclic amines) is 1. The fourth-order valence-corrected chi connectivity index (χ4v) is 3.01. The maximum absolute atomic E-state index is 4.32. The molecule has 1 saturated heterocycles. The highest BCUT2D eigenvalue weighted by atomic mass is 15.1. The minimum atomic E-state index is 0.794. The normalized spacial score (nSPS) is 21.0. The van der Waals surface area contributed by atoms with Gasteiger partial charge in [0.1, 0.15) is 5.65 Å². The summed E-state index contributed by atoms with van der Waals surface area (Å²) in [6, 6.07) is 4.13. The van der Waals surface area contributed by atoms with E-state index in [1.54, 1.807) is 0 Å². The van der Waals surface area contributed by atoms with E-state index in [1.165, 1.54) is 36.9 Å². The number of nitrogens with one attached hydrogen (secondary N) is 2. The van der Waals surface area contributed by atoms with Gasteiger partial charge in [0.05, 0.1) is 0 Å². The molecule has 4 nitrogen and oxygen atoms in total. The Morgan fingerprint density at radius 1 is 1.53 bits per heavy atom. The van der Waals surface area contributed by atoms with Crippen LogP contribution in [0.4, 0.5) is 0 Å². The molecule has 0 spiro atoms. The molecule has 2 aromatic rings. The van der Waals surface area contributed by atoms with Crippen LogP contribution in [-0.4, -0.2) is 41.5 Å². The minimum Gasteiger partial charge on any atom is -0.346 e. The van der Waals surface area contributed by atoms with Crippen molar-refractivity contribution in [2.75, 3.05) is 26.7 Å². The Kier molecular flexibility index (Phi) is 3.80. The maximum atomic E-state index is 4.32. The van der Waals surface area contributed by atoms with Gasteiger partial charge in [-0.3, -0.25) is 0 Å². The molecule has 0 radical (unpaired) electrons. The number of pyridine rings is 1. The van der Waals surface area contributed by atoms with E-state index in [4.69, 9.17) is 0 Å². The van der Waals surface area contributed by atoms with Gasteiger partial charge >= 0.3 is 0 Å². The molecule has 3 heterocycles. The molecular formula is C15H22N4. The SMILES string of the molecule is CN1CCCC(CNCc2c[nH]c3ncccc23)C1. The van der Waals surface area contributed by atoms with E-state index in [0.717, 1.165) is 24.7 Å². The standard InChI is InChI=1S/C15H22N4/c1-19-7-3-4-12(11-19)8-16-9-13-10-18-15-14(13)5-2-6-17-15/h2,5-6,10,12,16H,3-4,7-9,11H2,1H3,(H,17,18). The summed E-state index contributed by atoms with van der Waals surface area (Å²) in [5, 5.41) is 4.83. The van der Waals surface area contributed by atoms with Gasteiger partial charge in [-0.05, 0) is 56.6 Å². The lowest BCUT2D eigenvalue weighted by molar-refractivity contribution is 0.206. The highest BCUT2D eigenvalue weighted by Crippen LogP contribution is 2.17. The zero-order chi connectivity index (χ0) is 13.1. The molecule has 1 aliphatic heterocycles. The van der Waals surface area contributed by atoms with E-state index >= 15 is 0 Å². The summed E-state index contributed by atoms with van der Waals surface area (Å²) in [6.07, 6.45) is 6.58. The molecule has 0 saturated carbocycles. The first-order valence-electron chi connectivity index (χ1n) is 7.13. The molecule has 2 aromatic heterocycles. The van der Waals surface area contributed by atoms with Gasteiger partial charge in [-0.25, -0.2) is 4.98 Å². The summed E-state index contributed by atoms with van der Waals surface area (Å²) in [5.74, 6) is 0.794. The third-order valence-electron chi connectivity index (χ3n) is 4.01. The van der Waals surface area contributed by atoms with E-state index in [2.05, 4.69) is 39.5 Å². The topological polar surface area (TPSA) is 44.0 Å². The van der Waals surface area contributed by atoms with Crippen molar-refractivity contribution in [1.29, 1.82) is 0 Å². The van der Waals surface area contributed by atoms with Crippen molar-refractivity contribution >= 4 is 11.0 Å². The number of aromatic amines is 1. The van der Waals surface area contributed by atoms with Crippen LogP contribution in [0.2, 0.25) is 0 Å². The fourth-order valence-electron chi connectivity index (χ4n) is 3.01. The van der Waals surface area contributed by atoms with Crippen LogP contribution in [0, 0.1) is 5.92 Å². The van der Waals surface area contributed by atoms with Gasteiger partial charge in [-0.15, -0.1) is 0 Å². The zero-order valence-corrected chi connectivity index (χ0v) is 11.5. The largest absolute Gasteiger partial charge is 0.346 e. The molecule has 1 aliphatic rings. The van der Waals surface area contributed by atoms with Crippen molar-refractivity contribution in [3.05, 3.63) is 30.1 Å². The van der Waals surface area contributed by atoms with Crippen LogP contribution in [0.25, 0.3) is 11.0 Å². The molecule has 0 bridgehead atoms. The predicted octanol–water partition coefficient (Wildman–Crippen LogP) is 1.99. The van der Waals surface area contributed by atoms with Gasteiger partial charge in [0.15, 0.2) is 0 Å². The lowest BCUT2D eigenvalue weighted by Crippen LogP contribution is -2.37. The summed E-state index contributed by atoms with van der Waals surface area (Å²) in [4.78, 5) is 9.98. The second-order valence-electron chi connectivity index (χ2n) is 5.61. The Morgan fingerprint density at radius 3 is 3.37 bits per heavy atom. The molecule has 1 fully saturated rings. The van der Waals surface area contributed by atoms with Crippen molar-refractivity contribution in [1.82, 2.24) is 20.2 Å². The summed E-state index contributed by atoms with van der Waals surface area (Å²) in [6.45, 7) is 4.51. The highest BCUT2D eigenvalue weighted by molar-refractivity contribution is 5.79. The van der Waals surface area contributed by atoms with Gasteiger partial charge in [0.2, 0.25) is 0 Å². The van der Waals surface area contributed by atoms with Crippen LogP contribution in [0.1, 0.15) is 18.4 Å². The first kappa shape index (κ1) is 12.6. The third-order valence-corrected chi connectivity index (χ3v) is 4.01. The molecular weight excluding hydrogens is 236 g/mol. The Balaban J connectivity index is 1.55. The first-order valence-corrected chi connectivity index (χ1v) is 7.13. The van der Waals surface area contributed by atoms with E-state index in [0.29, 0.717) is 0 Å². The van der Waals surface area contributed by atoms with E-state index in [9.17, 15) is 0 Å². The van der Waals surface area contributed by atoms with Crippen LogP contribution in [0.3, 0.4) is 0 Å². The minimum absolute atomic E-state index is 0.794. The molecule has 1 unspecified atom stereocenters. The lowest BCUT2D eigenvalue weighted by Gasteiger charge is -2.29. The second-order valence-corrected chi connectivity index (χ2v) is 5.61. The first-order chi connectivity index (χ1) is 9.33. The van der Waals surface area contributed by atoms with E-state index in [1.807, 2.05) is 12.3 Å². The molecule has 0 amide bonds. The Morgan fingerprint density at radius 2 is 2.47 bits per heavy atom.